The second-order valence-electron chi connectivity index (χ2n) is 5.79. The van der Waals surface area contributed by atoms with Gasteiger partial charge in [-0.1, -0.05) is 26.0 Å². The van der Waals surface area contributed by atoms with E-state index in [2.05, 4.69) is 37.4 Å². The zero-order chi connectivity index (χ0) is 13.9. The van der Waals surface area contributed by atoms with E-state index in [0.29, 0.717) is 11.8 Å². The van der Waals surface area contributed by atoms with E-state index in [0.717, 1.165) is 25.5 Å². The summed E-state index contributed by atoms with van der Waals surface area (Å²) in [6, 6.07) is 8.44. The molecule has 2 rings (SSSR count). The monoisotopic (exact) mass is 263 g/mol. The van der Waals surface area contributed by atoms with Crippen LogP contribution in [0.5, 0.6) is 5.75 Å². The second-order valence-corrected chi connectivity index (χ2v) is 5.79. The third-order valence-corrected chi connectivity index (χ3v) is 4.30. The highest BCUT2D eigenvalue weighted by Crippen LogP contribution is 2.43. The molecular formula is C16H25NO2. The van der Waals surface area contributed by atoms with Gasteiger partial charge in [-0.15, -0.1) is 0 Å². The number of hydrogen-bond donors (Lipinski definition) is 1. The molecule has 1 atom stereocenters. The quantitative estimate of drug-likeness (QED) is 0.855. The minimum absolute atomic E-state index is 0.131. The normalized spacial score (nSPS) is 19.0. The van der Waals surface area contributed by atoms with Crippen LogP contribution in [0.15, 0.2) is 24.3 Å². The molecule has 0 saturated carbocycles. The lowest BCUT2D eigenvalue weighted by molar-refractivity contribution is -0.0996. The molecule has 19 heavy (non-hydrogen) atoms. The topological polar surface area (TPSA) is 30.5 Å². The molecule has 3 nitrogen and oxygen atoms in total. The maximum absolute atomic E-state index is 5.58. The van der Waals surface area contributed by atoms with E-state index >= 15 is 0 Å². The molecular weight excluding hydrogens is 238 g/mol. The van der Waals surface area contributed by atoms with Gasteiger partial charge in [-0.2, -0.15) is 0 Å². The molecule has 0 aliphatic carbocycles. The first kappa shape index (κ1) is 14.4. The van der Waals surface area contributed by atoms with Crippen molar-refractivity contribution in [3.63, 3.8) is 0 Å². The molecule has 1 N–H and O–H groups in total. The summed E-state index contributed by atoms with van der Waals surface area (Å²) in [6.07, 6.45) is 0. The maximum Gasteiger partial charge on any atom is 0.119 e. The largest absolute Gasteiger partial charge is 0.497 e. The first-order valence-corrected chi connectivity index (χ1v) is 7.01. The van der Waals surface area contributed by atoms with Crippen molar-refractivity contribution in [2.75, 3.05) is 33.9 Å². The Hall–Kier alpha value is -1.06. The lowest BCUT2D eigenvalue weighted by Crippen LogP contribution is -2.56. The molecule has 0 spiro atoms. The molecule has 3 heteroatoms. The first-order chi connectivity index (χ1) is 9.14. The summed E-state index contributed by atoms with van der Waals surface area (Å²) in [5.41, 5.74) is 1.47. The van der Waals surface area contributed by atoms with E-state index in [1.807, 2.05) is 13.1 Å². The maximum atomic E-state index is 5.58. The number of ether oxygens (including phenoxy) is 2. The zero-order valence-corrected chi connectivity index (χ0v) is 12.4. The molecule has 0 aromatic heterocycles. The van der Waals surface area contributed by atoms with Crippen LogP contribution in [0, 0.1) is 11.8 Å². The fraction of sp³-hybridized carbons (Fsp3) is 0.625. The molecule has 0 radical (unpaired) electrons. The molecule has 106 valence electrons. The average Bonchev–Trinajstić information content (AvgIpc) is 2.36. The minimum Gasteiger partial charge on any atom is -0.497 e. The predicted octanol–water partition coefficient (Wildman–Crippen LogP) is 2.45. The molecule has 1 aromatic carbocycles. The fourth-order valence-corrected chi connectivity index (χ4v) is 3.14. The molecule has 1 aliphatic heterocycles. The molecule has 1 aliphatic rings. The van der Waals surface area contributed by atoms with E-state index in [9.17, 15) is 0 Å². The molecule has 1 saturated heterocycles. The number of nitrogens with one attached hydrogen (secondary N) is 1. The number of methoxy groups -OCH3 is 1. The Morgan fingerprint density at radius 3 is 2.58 bits per heavy atom. The Morgan fingerprint density at radius 2 is 2.11 bits per heavy atom. The van der Waals surface area contributed by atoms with E-state index < -0.39 is 0 Å². The average molecular weight is 263 g/mol. The predicted molar refractivity (Wildman–Crippen MR) is 77.7 cm³/mol. The van der Waals surface area contributed by atoms with Crippen LogP contribution in [0.3, 0.4) is 0 Å². The molecule has 0 amide bonds. The van der Waals surface area contributed by atoms with Crippen molar-refractivity contribution in [2.24, 2.45) is 11.8 Å². The summed E-state index contributed by atoms with van der Waals surface area (Å²) in [5, 5.41) is 3.33. The highest BCUT2D eigenvalue weighted by atomic mass is 16.5. The lowest BCUT2D eigenvalue weighted by Gasteiger charge is -2.49. The van der Waals surface area contributed by atoms with Gasteiger partial charge in [-0.25, -0.2) is 0 Å². The van der Waals surface area contributed by atoms with Crippen LogP contribution in [0.1, 0.15) is 19.4 Å². The Kier molecular flexibility index (Phi) is 4.48. The summed E-state index contributed by atoms with van der Waals surface area (Å²) in [5.74, 6) is 2.11. The van der Waals surface area contributed by atoms with Crippen LogP contribution in [0.25, 0.3) is 0 Å². The molecule has 1 aromatic rings. The summed E-state index contributed by atoms with van der Waals surface area (Å²) < 4.78 is 10.9. The number of benzene rings is 1. The summed E-state index contributed by atoms with van der Waals surface area (Å²) in [4.78, 5) is 0. The Morgan fingerprint density at radius 1 is 1.37 bits per heavy atom. The van der Waals surface area contributed by atoms with Gasteiger partial charge < -0.3 is 14.8 Å². The smallest absolute Gasteiger partial charge is 0.119 e. The van der Waals surface area contributed by atoms with Gasteiger partial charge in [0.25, 0.3) is 0 Å². The van der Waals surface area contributed by atoms with Crippen molar-refractivity contribution in [1.29, 1.82) is 0 Å². The minimum atomic E-state index is 0.131. The van der Waals surface area contributed by atoms with Crippen molar-refractivity contribution in [3.8, 4) is 5.75 Å². The van der Waals surface area contributed by atoms with Crippen LogP contribution in [-0.4, -0.2) is 33.9 Å². The van der Waals surface area contributed by atoms with Crippen LogP contribution >= 0.6 is 0 Å². The van der Waals surface area contributed by atoms with Gasteiger partial charge in [0.2, 0.25) is 0 Å². The van der Waals surface area contributed by atoms with Gasteiger partial charge in [-0.05, 0) is 43.1 Å². The van der Waals surface area contributed by atoms with Gasteiger partial charge in [0.05, 0.1) is 20.3 Å². The van der Waals surface area contributed by atoms with Crippen molar-refractivity contribution >= 4 is 0 Å². The fourth-order valence-electron chi connectivity index (χ4n) is 3.14. The summed E-state index contributed by atoms with van der Waals surface area (Å²) in [7, 11) is 3.74. The van der Waals surface area contributed by atoms with Gasteiger partial charge in [0.15, 0.2) is 0 Å². The Balaban J connectivity index is 2.34. The van der Waals surface area contributed by atoms with E-state index in [1.54, 1.807) is 7.11 Å². The third kappa shape index (κ3) is 2.63. The van der Waals surface area contributed by atoms with Gasteiger partial charge in [0, 0.05) is 5.41 Å². The molecule has 0 bridgehead atoms. The standard InChI is InChI=1S/C16H25NO2/c1-12(2)15(9-17-3)16(10-19-11-16)13-6-5-7-14(8-13)18-4/h5-8,12,15,17H,9-11H2,1-4H3. The SMILES string of the molecule is CNCC(C(C)C)C1(c2cccc(OC)c2)COC1. The lowest BCUT2D eigenvalue weighted by atomic mass is 9.64. The molecule has 1 unspecified atom stereocenters. The van der Waals surface area contributed by atoms with E-state index in [-0.39, 0.29) is 5.41 Å². The highest BCUT2D eigenvalue weighted by molar-refractivity contribution is 5.36. The van der Waals surface area contributed by atoms with Crippen molar-refractivity contribution in [1.82, 2.24) is 5.32 Å². The zero-order valence-electron chi connectivity index (χ0n) is 12.4. The van der Waals surface area contributed by atoms with Crippen molar-refractivity contribution in [2.45, 2.75) is 19.3 Å². The summed E-state index contributed by atoms with van der Waals surface area (Å²) in [6.45, 7) is 7.22. The Labute approximate surface area is 116 Å². The van der Waals surface area contributed by atoms with E-state index in [1.165, 1.54) is 5.56 Å². The number of rotatable bonds is 6. The first-order valence-electron chi connectivity index (χ1n) is 7.01. The van der Waals surface area contributed by atoms with Crippen LogP contribution in [-0.2, 0) is 10.2 Å². The summed E-state index contributed by atoms with van der Waals surface area (Å²) >= 11 is 0. The third-order valence-electron chi connectivity index (χ3n) is 4.30. The highest BCUT2D eigenvalue weighted by Gasteiger charge is 2.47. The number of hydrogen-bond acceptors (Lipinski definition) is 3. The van der Waals surface area contributed by atoms with Crippen molar-refractivity contribution in [3.05, 3.63) is 29.8 Å². The molecule has 1 heterocycles. The van der Waals surface area contributed by atoms with Crippen LogP contribution in [0.2, 0.25) is 0 Å². The van der Waals surface area contributed by atoms with Gasteiger partial charge in [0.1, 0.15) is 5.75 Å². The Bertz CT molecular complexity index is 413. The molecule has 1 fully saturated rings. The van der Waals surface area contributed by atoms with Crippen LogP contribution in [0.4, 0.5) is 0 Å². The van der Waals surface area contributed by atoms with E-state index in [4.69, 9.17) is 9.47 Å². The van der Waals surface area contributed by atoms with Crippen LogP contribution < -0.4 is 10.1 Å². The second kappa shape index (κ2) is 5.93. The van der Waals surface area contributed by atoms with Gasteiger partial charge in [-0.3, -0.25) is 0 Å². The van der Waals surface area contributed by atoms with Gasteiger partial charge >= 0.3 is 0 Å². The van der Waals surface area contributed by atoms with Crippen molar-refractivity contribution < 1.29 is 9.47 Å².